The highest BCUT2D eigenvalue weighted by Crippen LogP contribution is 2.15. The smallest absolute Gasteiger partial charge is 0.326 e. The third kappa shape index (κ3) is 28.6. The van der Waals surface area contributed by atoms with E-state index in [-0.39, 0.29) is 56.9 Å². The van der Waals surface area contributed by atoms with Crippen molar-refractivity contribution in [2.24, 2.45) is 52.5 Å². The molecule has 2 aromatic rings. The molecule has 0 bridgehead atoms. The van der Waals surface area contributed by atoms with Crippen LogP contribution in [0.15, 0.2) is 60.7 Å². The highest BCUT2D eigenvalue weighted by molar-refractivity contribution is 5.99. The Bertz CT molecular complexity index is 2470. The summed E-state index contributed by atoms with van der Waals surface area (Å²) in [6, 6.07) is 5.81. The summed E-state index contributed by atoms with van der Waals surface area (Å²) in [6.07, 6.45) is 3.81. The van der Waals surface area contributed by atoms with Gasteiger partial charge in [0, 0.05) is 12.8 Å². The molecule has 0 heterocycles. The van der Waals surface area contributed by atoms with E-state index >= 15 is 0 Å². The van der Waals surface area contributed by atoms with Gasteiger partial charge in [0.2, 0.25) is 53.2 Å². The Kier molecular flexibility index (Phi) is 35.4. The Labute approximate surface area is 515 Å². The lowest BCUT2D eigenvalue weighted by Gasteiger charge is -2.30. The van der Waals surface area contributed by atoms with Gasteiger partial charge in [-0.1, -0.05) is 130 Å². The van der Waals surface area contributed by atoms with E-state index < -0.39 is 137 Å². The van der Waals surface area contributed by atoms with Crippen LogP contribution in [0.4, 0.5) is 0 Å². The van der Waals surface area contributed by atoms with Crippen LogP contribution in [-0.2, 0) is 60.8 Å². The van der Waals surface area contributed by atoms with Crippen LogP contribution in [0.25, 0.3) is 0 Å². The zero-order valence-corrected chi connectivity index (χ0v) is 53.1. The van der Waals surface area contributed by atoms with Crippen molar-refractivity contribution in [2.75, 3.05) is 19.6 Å². The summed E-state index contributed by atoms with van der Waals surface area (Å²) in [5.74, 6) is -9.11. The molecule has 0 aliphatic heterocycles. The minimum atomic E-state index is -1.32. The Balaban J connectivity index is 2.47. The number of amides is 9. The van der Waals surface area contributed by atoms with Crippen molar-refractivity contribution in [1.29, 1.82) is 0 Å². The number of carbonyl (C=O) groups is 10. The van der Waals surface area contributed by atoms with Gasteiger partial charge >= 0.3 is 5.97 Å². The molecule has 0 unspecified atom stereocenters. The molecule has 24 nitrogen and oxygen atoms in total. The van der Waals surface area contributed by atoms with Gasteiger partial charge in [-0.15, -0.1) is 0 Å². The molecule has 0 spiro atoms. The van der Waals surface area contributed by atoms with Gasteiger partial charge < -0.3 is 75.9 Å². The molecule has 0 aliphatic carbocycles. The number of benzene rings is 2. The average Bonchev–Trinajstić information content (AvgIpc) is 3.53. The molecule has 0 saturated heterocycles. The summed E-state index contributed by atoms with van der Waals surface area (Å²) in [5, 5.41) is 34.8. The number of nitrogens with two attached hydrogens (primary N) is 4. The van der Waals surface area contributed by atoms with Crippen molar-refractivity contribution in [3.05, 3.63) is 71.8 Å². The maximum absolute atomic E-state index is 14.7. The van der Waals surface area contributed by atoms with Crippen LogP contribution in [-0.4, -0.2) is 144 Å². The number of carboxylic acid groups (broad SMARTS) is 1. The second-order valence-electron chi connectivity index (χ2n) is 24.5. The second kappa shape index (κ2) is 40.4. The maximum atomic E-state index is 14.7. The van der Waals surface area contributed by atoms with Gasteiger partial charge in [0.1, 0.15) is 54.4 Å². The SMILES string of the molecule is CC(C)C[C@H](NC(=O)[C@@H](NC(=O)[C@H](CCCCN)NC(=O)[C@H](Cc1ccccc1)NC(=O)[C@@H](NC(=O)[C@@H](NC(=O)[C@H](CCCCN)NC(=O)[C@@H](N)CC(C)C)C(C)C)C(C)C)C(C)C)C(=O)N[C@@H](Cc1ccccc1)C(=O)N[C@@H](CCCCN)C(=O)O. The predicted molar refractivity (Wildman–Crippen MR) is 335 cm³/mol. The molecule has 24 heteroatoms. The summed E-state index contributed by atoms with van der Waals surface area (Å²) in [6.45, 7) is 18.7. The first kappa shape index (κ1) is 76.1. The predicted octanol–water partition coefficient (Wildman–Crippen LogP) is 1.69. The van der Waals surface area contributed by atoms with Gasteiger partial charge in [-0.05, 0) is 131 Å². The lowest BCUT2D eigenvalue weighted by Crippen LogP contribution is -2.62. The second-order valence-corrected chi connectivity index (χ2v) is 24.5. The number of carboxylic acids is 1. The van der Waals surface area contributed by atoms with E-state index in [0.717, 1.165) is 0 Å². The van der Waals surface area contributed by atoms with Crippen molar-refractivity contribution < 1.29 is 53.1 Å². The van der Waals surface area contributed by atoms with Crippen LogP contribution in [0.5, 0.6) is 0 Å². The van der Waals surface area contributed by atoms with E-state index in [4.69, 9.17) is 22.9 Å². The highest BCUT2D eigenvalue weighted by Gasteiger charge is 2.38. The largest absolute Gasteiger partial charge is 0.480 e. The molecule has 0 fully saturated rings. The number of hydrogen-bond donors (Lipinski definition) is 14. The first-order valence-corrected chi connectivity index (χ1v) is 31.0. The van der Waals surface area contributed by atoms with Gasteiger partial charge in [0.25, 0.3) is 0 Å². The molecule has 2 aromatic carbocycles. The fourth-order valence-corrected chi connectivity index (χ4v) is 9.68. The van der Waals surface area contributed by atoms with Crippen LogP contribution in [0.1, 0.15) is 151 Å². The van der Waals surface area contributed by atoms with Crippen LogP contribution in [0, 0.1) is 29.6 Å². The third-order valence-corrected chi connectivity index (χ3v) is 14.7. The van der Waals surface area contributed by atoms with E-state index in [1.807, 2.05) is 27.7 Å². The number of nitrogens with one attached hydrogen (secondary N) is 9. The lowest BCUT2D eigenvalue weighted by molar-refractivity contribution is -0.142. The fourth-order valence-electron chi connectivity index (χ4n) is 9.68. The van der Waals surface area contributed by atoms with Crippen LogP contribution < -0.4 is 70.8 Å². The van der Waals surface area contributed by atoms with Gasteiger partial charge in [0.15, 0.2) is 0 Å². The van der Waals surface area contributed by atoms with Crippen molar-refractivity contribution in [1.82, 2.24) is 47.9 Å². The molecular weight excluding hydrogens is 1110 g/mol. The number of aliphatic carboxylic acids is 1. The standard InChI is InChI=1S/C63H105N13O11/c1-37(2)33-44(67)54(77)68-45(27-17-20-30-64)55(78)75-53(41(9)10)62(85)76-52(40(7)8)61(84)73-50(36-43-25-15-12-16-26-43)58(81)69-46(28-18-21-31-65)56(79)74-51(39(5)6)60(83)72-48(34-38(3)4)57(80)71-49(35-42-23-13-11-14-24-42)59(82)70-47(63(86)87)29-19-22-32-66/h11-16,23-26,37-41,44-53H,17-22,27-36,64-67H2,1-10H3,(H,68,77)(H,69,81)(H,70,82)(H,71,80)(H,72,83)(H,73,84)(H,74,79)(H,75,78)(H,76,85)(H,86,87)/t44-,45-,46-,47-,48-,49-,50-,51-,52-,53-/m0/s1. The number of rotatable bonds is 42. The van der Waals surface area contributed by atoms with E-state index in [1.165, 1.54) is 0 Å². The number of hydrogen-bond acceptors (Lipinski definition) is 14. The summed E-state index contributed by atoms with van der Waals surface area (Å²) in [5.41, 5.74) is 24.7. The fraction of sp³-hybridized carbons (Fsp3) is 0.651. The van der Waals surface area contributed by atoms with Gasteiger partial charge in [0.05, 0.1) is 6.04 Å². The summed E-state index contributed by atoms with van der Waals surface area (Å²) in [7, 11) is 0. The highest BCUT2D eigenvalue weighted by atomic mass is 16.4. The first-order chi connectivity index (χ1) is 41.1. The van der Waals surface area contributed by atoms with Crippen molar-refractivity contribution in [3.8, 4) is 0 Å². The van der Waals surface area contributed by atoms with Crippen LogP contribution >= 0.6 is 0 Å². The minimum Gasteiger partial charge on any atom is -0.480 e. The Hall–Kier alpha value is -7.02. The monoisotopic (exact) mass is 1220 g/mol. The van der Waals surface area contributed by atoms with E-state index in [0.29, 0.717) is 69.2 Å². The Morgan fingerprint density at radius 3 is 1.00 bits per heavy atom. The molecule has 0 aliphatic rings. The summed E-state index contributed by atoms with van der Waals surface area (Å²) >= 11 is 0. The van der Waals surface area contributed by atoms with Gasteiger partial charge in [-0.3, -0.25) is 43.2 Å². The van der Waals surface area contributed by atoms with E-state index in [1.54, 1.807) is 102 Å². The van der Waals surface area contributed by atoms with Crippen molar-refractivity contribution in [3.63, 3.8) is 0 Å². The molecule has 9 amide bonds. The van der Waals surface area contributed by atoms with Gasteiger partial charge in [-0.2, -0.15) is 0 Å². The molecular formula is C63H105N13O11. The first-order valence-electron chi connectivity index (χ1n) is 31.0. The van der Waals surface area contributed by atoms with Crippen LogP contribution in [0.3, 0.4) is 0 Å². The zero-order valence-electron chi connectivity index (χ0n) is 53.1. The van der Waals surface area contributed by atoms with Crippen molar-refractivity contribution >= 4 is 59.1 Å². The Morgan fingerprint density at radius 1 is 0.356 bits per heavy atom. The molecule has 87 heavy (non-hydrogen) atoms. The topological polar surface area (TPSA) is 403 Å². The molecule has 18 N–H and O–H groups in total. The quantitative estimate of drug-likeness (QED) is 0.0421. The summed E-state index contributed by atoms with van der Waals surface area (Å²) < 4.78 is 0. The molecule has 488 valence electrons. The minimum absolute atomic E-state index is 0.00110. The average molecular weight is 1220 g/mol. The lowest BCUT2D eigenvalue weighted by atomic mass is 9.97. The van der Waals surface area contributed by atoms with Gasteiger partial charge in [-0.25, -0.2) is 4.79 Å². The molecule has 2 rings (SSSR count). The molecule has 0 saturated carbocycles. The normalized spacial score (nSPS) is 14.9. The summed E-state index contributed by atoms with van der Waals surface area (Å²) in [4.78, 5) is 140. The Morgan fingerprint density at radius 2 is 0.644 bits per heavy atom. The molecule has 0 radical (unpaired) electrons. The van der Waals surface area contributed by atoms with Crippen molar-refractivity contribution in [2.45, 2.75) is 213 Å². The zero-order chi connectivity index (χ0) is 65.3. The maximum Gasteiger partial charge on any atom is 0.326 e. The van der Waals surface area contributed by atoms with E-state index in [9.17, 15) is 53.1 Å². The molecule has 0 aromatic heterocycles. The number of carbonyl (C=O) groups excluding carboxylic acids is 9. The number of unbranched alkanes of at least 4 members (excludes halogenated alkanes) is 3. The van der Waals surface area contributed by atoms with E-state index in [2.05, 4.69) is 47.9 Å². The van der Waals surface area contributed by atoms with Crippen LogP contribution in [0.2, 0.25) is 0 Å². The molecule has 10 atom stereocenters. The third-order valence-electron chi connectivity index (χ3n) is 14.7.